The first-order valence-corrected chi connectivity index (χ1v) is 8.15. The first-order valence-electron chi connectivity index (χ1n) is 7.35. The van der Waals surface area contributed by atoms with Gasteiger partial charge in [0.2, 0.25) is 0 Å². The SMILES string of the molecule is CCC1(CC)CCN(Cc2cccc(N)c2Br)CC1. The van der Waals surface area contributed by atoms with Crippen LogP contribution in [0.15, 0.2) is 22.7 Å². The molecule has 2 nitrogen and oxygen atoms in total. The second-order valence-corrected chi connectivity index (χ2v) is 6.60. The van der Waals surface area contributed by atoms with Crippen molar-refractivity contribution in [2.24, 2.45) is 5.41 Å². The van der Waals surface area contributed by atoms with Crippen molar-refractivity contribution in [3.63, 3.8) is 0 Å². The van der Waals surface area contributed by atoms with Gasteiger partial charge < -0.3 is 5.73 Å². The Bertz CT molecular complexity index is 417. The molecule has 0 radical (unpaired) electrons. The number of halogens is 1. The van der Waals surface area contributed by atoms with Crippen molar-refractivity contribution in [3.05, 3.63) is 28.2 Å². The van der Waals surface area contributed by atoms with Crippen molar-refractivity contribution in [1.29, 1.82) is 0 Å². The zero-order chi connectivity index (χ0) is 13.9. The van der Waals surface area contributed by atoms with Gasteiger partial charge in [-0.15, -0.1) is 0 Å². The molecule has 0 spiro atoms. The molecule has 0 unspecified atom stereocenters. The molecule has 1 aromatic rings. The molecule has 1 aliphatic heterocycles. The van der Waals surface area contributed by atoms with Crippen molar-refractivity contribution in [2.75, 3.05) is 18.8 Å². The van der Waals surface area contributed by atoms with Crippen LogP contribution in [-0.4, -0.2) is 18.0 Å². The minimum Gasteiger partial charge on any atom is -0.398 e. The van der Waals surface area contributed by atoms with Crippen LogP contribution in [0.25, 0.3) is 0 Å². The Morgan fingerprint density at radius 1 is 1.21 bits per heavy atom. The Hall–Kier alpha value is -0.540. The van der Waals surface area contributed by atoms with Gasteiger partial charge in [-0.25, -0.2) is 0 Å². The predicted octanol–water partition coefficient (Wildman–Crippen LogP) is 4.43. The Labute approximate surface area is 125 Å². The lowest BCUT2D eigenvalue weighted by Crippen LogP contribution is -2.39. The number of nitrogens with two attached hydrogens (primary N) is 1. The van der Waals surface area contributed by atoms with Crippen molar-refractivity contribution < 1.29 is 0 Å². The highest BCUT2D eigenvalue weighted by Gasteiger charge is 2.31. The van der Waals surface area contributed by atoms with E-state index in [2.05, 4.69) is 40.7 Å². The lowest BCUT2D eigenvalue weighted by Gasteiger charge is -2.41. The van der Waals surface area contributed by atoms with Crippen LogP contribution in [0.1, 0.15) is 45.1 Å². The maximum absolute atomic E-state index is 5.95. The first-order chi connectivity index (χ1) is 9.10. The molecule has 19 heavy (non-hydrogen) atoms. The number of benzene rings is 1. The molecule has 2 rings (SSSR count). The topological polar surface area (TPSA) is 29.3 Å². The van der Waals surface area contributed by atoms with Crippen LogP contribution in [0.2, 0.25) is 0 Å². The summed E-state index contributed by atoms with van der Waals surface area (Å²) in [6.45, 7) is 8.11. The molecular weight excluding hydrogens is 300 g/mol. The minimum atomic E-state index is 0.601. The van der Waals surface area contributed by atoms with Crippen molar-refractivity contribution >= 4 is 21.6 Å². The van der Waals surface area contributed by atoms with Gasteiger partial charge in [-0.3, -0.25) is 4.90 Å². The van der Waals surface area contributed by atoms with Gasteiger partial charge >= 0.3 is 0 Å². The van der Waals surface area contributed by atoms with E-state index in [-0.39, 0.29) is 0 Å². The molecule has 0 bridgehead atoms. The van der Waals surface area contributed by atoms with E-state index >= 15 is 0 Å². The number of nitrogens with zero attached hydrogens (tertiary/aromatic N) is 1. The minimum absolute atomic E-state index is 0.601. The molecular formula is C16H25BrN2. The van der Waals surface area contributed by atoms with Gasteiger partial charge in [0.1, 0.15) is 0 Å². The van der Waals surface area contributed by atoms with Crippen LogP contribution in [-0.2, 0) is 6.54 Å². The number of hydrogen-bond acceptors (Lipinski definition) is 2. The van der Waals surface area contributed by atoms with Crippen LogP contribution < -0.4 is 5.73 Å². The molecule has 1 aliphatic rings. The lowest BCUT2D eigenvalue weighted by atomic mass is 9.74. The van der Waals surface area contributed by atoms with Gasteiger partial charge in [-0.1, -0.05) is 38.8 Å². The second-order valence-electron chi connectivity index (χ2n) is 5.80. The normalized spacial score (nSPS) is 19.5. The van der Waals surface area contributed by atoms with Gasteiger partial charge in [0.05, 0.1) is 0 Å². The summed E-state index contributed by atoms with van der Waals surface area (Å²) in [5, 5.41) is 0. The summed E-state index contributed by atoms with van der Waals surface area (Å²) in [5.41, 5.74) is 8.69. The number of anilines is 1. The fourth-order valence-electron chi connectivity index (χ4n) is 3.11. The van der Waals surface area contributed by atoms with Crippen LogP contribution in [0.4, 0.5) is 5.69 Å². The third kappa shape index (κ3) is 3.32. The third-order valence-electron chi connectivity index (χ3n) is 4.92. The van der Waals surface area contributed by atoms with E-state index < -0.39 is 0 Å². The average molecular weight is 325 g/mol. The highest BCUT2D eigenvalue weighted by molar-refractivity contribution is 9.10. The largest absolute Gasteiger partial charge is 0.398 e. The smallest absolute Gasteiger partial charge is 0.0461 e. The summed E-state index contributed by atoms with van der Waals surface area (Å²) < 4.78 is 1.07. The third-order valence-corrected chi connectivity index (χ3v) is 5.89. The summed E-state index contributed by atoms with van der Waals surface area (Å²) in [6, 6.07) is 6.16. The molecule has 0 aromatic heterocycles. The van der Waals surface area contributed by atoms with Crippen molar-refractivity contribution in [1.82, 2.24) is 4.90 Å². The summed E-state index contributed by atoms with van der Waals surface area (Å²) >= 11 is 3.61. The second kappa shape index (κ2) is 6.27. The molecule has 1 heterocycles. The van der Waals surface area contributed by atoms with Gasteiger partial charge in [0.15, 0.2) is 0 Å². The first kappa shape index (κ1) is 14.9. The van der Waals surface area contributed by atoms with Gasteiger partial charge in [0, 0.05) is 16.7 Å². The highest BCUT2D eigenvalue weighted by atomic mass is 79.9. The summed E-state index contributed by atoms with van der Waals surface area (Å²) in [5.74, 6) is 0. The molecule has 0 aliphatic carbocycles. The molecule has 1 saturated heterocycles. The fraction of sp³-hybridized carbons (Fsp3) is 0.625. The van der Waals surface area contributed by atoms with Crippen LogP contribution in [0.5, 0.6) is 0 Å². The quantitative estimate of drug-likeness (QED) is 0.830. The molecule has 1 aromatic carbocycles. The number of likely N-dealkylation sites (tertiary alicyclic amines) is 1. The number of rotatable bonds is 4. The predicted molar refractivity (Wildman–Crippen MR) is 86.1 cm³/mol. The van der Waals surface area contributed by atoms with Crippen LogP contribution in [0.3, 0.4) is 0 Å². The molecule has 2 N–H and O–H groups in total. The zero-order valence-electron chi connectivity index (χ0n) is 12.1. The monoisotopic (exact) mass is 324 g/mol. The number of hydrogen-bond donors (Lipinski definition) is 1. The molecule has 0 saturated carbocycles. The summed E-state index contributed by atoms with van der Waals surface area (Å²) in [7, 11) is 0. The molecule has 1 fully saturated rings. The van der Waals surface area contributed by atoms with Gasteiger partial charge in [-0.2, -0.15) is 0 Å². The fourth-order valence-corrected chi connectivity index (χ4v) is 3.49. The van der Waals surface area contributed by atoms with Crippen LogP contribution in [0, 0.1) is 5.41 Å². The van der Waals surface area contributed by atoms with Gasteiger partial charge in [0.25, 0.3) is 0 Å². The number of nitrogen functional groups attached to an aromatic ring is 1. The van der Waals surface area contributed by atoms with E-state index in [4.69, 9.17) is 5.73 Å². The summed E-state index contributed by atoms with van der Waals surface area (Å²) in [4.78, 5) is 2.56. The van der Waals surface area contributed by atoms with Crippen LogP contribution >= 0.6 is 15.9 Å². The van der Waals surface area contributed by atoms with E-state index in [1.165, 1.54) is 44.3 Å². The molecule has 0 atom stereocenters. The standard InChI is InChI=1S/C16H25BrN2/c1-3-16(4-2)8-10-19(11-9-16)12-13-6-5-7-14(18)15(13)17/h5-7H,3-4,8-12,18H2,1-2H3. The number of piperidine rings is 1. The zero-order valence-corrected chi connectivity index (χ0v) is 13.7. The van der Waals surface area contributed by atoms with E-state index in [9.17, 15) is 0 Å². The maximum atomic E-state index is 5.95. The Balaban J connectivity index is 1.98. The van der Waals surface area contributed by atoms with Crippen molar-refractivity contribution in [3.8, 4) is 0 Å². The summed E-state index contributed by atoms with van der Waals surface area (Å²) in [6.07, 6.45) is 5.30. The van der Waals surface area contributed by atoms with E-state index in [1.54, 1.807) is 0 Å². The molecule has 3 heteroatoms. The maximum Gasteiger partial charge on any atom is 0.0461 e. The van der Waals surface area contributed by atoms with Gasteiger partial charge in [-0.05, 0) is 58.9 Å². The van der Waals surface area contributed by atoms with E-state index in [0.717, 1.165) is 16.7 Å². The Kier molecular flexibility index (Phi) is 4.91. The average Bonchev–Trinajstić information content (AvgIpc) is 2.45. The lowest BCUT2D eigenvalue weighted by molar-refractivity contribution is 0.0908. The van der Waals surface area contributed by atoms with Crippen molar-refractivity contribution in [2.45, 2.75) is 46.1 Å². The molecule has 106 valence electrons. The highest BCUT2D eigenvalue weighted by Crippen LogP contribution is 2.38. The molecule has 0 amide bonds. The van der Waals surface area contributed by atoms with E-state index in [0.29, 0.717) is 5.41 Å². The van der Waals surface area contributed by atoms with E-state index in [1.807, 2.05) is 12.1 Å². The Morgan fingerprint density at radius 2 is 1.84 bits per heavy atom. The Morgan fingerprint density at radius 3 is 2.42 bits per heavy atom.